The highest BCUT2D eigenvalue weighted by Gasteiger charge is 2.32. The van der Waals surface area contributed by atoms with E-state index >= 15 is 0 Å². The van der Waals surface area contributed by atoms with Crippen LogP contribution in [0.25, 0.3) is 0 Å². The molecule has 1 atom stereocenters. The number of amides is 1. The molecule has 0 bridgehead atoms. The number of ether oxygens (including phenoxy) is 1. The molecule has 1 heterocycles. The number of hydrogen-bond donors (Lipinski definition) is 0. The Labute approximate surface area is 116 Å². The summed E-state index contributed by atoms with van der Waals surface area (Å²) in [4.78, 5) is 25.3. The Morgan fingerprint density at radius 2 is 2.11 bits per heavy atom. The van der Waals surface area contributed by atoms with Gasteiger partial charge >= 0.3 is 5.97 Å². The summed E-state index contributed by atoms with van der Waals surface area (Å²) in [6, 6.07) is -0.0204. The Kier molecular flexibility index (Phi) is 4.96. The number of esters is 1. The topological polar surface area (TPSA) is 46.6 Å². The second kappa shape index (κ2) is 5.87. The third kappa shape index (κ3) is 3.83. The fourth-order valence-corrected chi connectivity index (χ4v) is 1.98. The number of carbonyl (C=O) groups is 2. The summed E-state index contributed by atoms with van der Waals surface area (Å²) in [6.45, 7) is 9.81. The molecule has 102 valence electrons. The van der Waals surface area contributed by atoms with E-state index in [-0.39, 0.29) is 24.5 Å². The number of halogens is 1. The minimum Gasteiger partial charge on any atom is -0.462 e. The first-order chi connectivity index (χ1) is 8.23. The molecule has 1 saturated heterocycles. The molecule has 1 unspecified atom stereocenters. The van der Waals surface area contributed by atoms with E-state index in [1.54, 1.807) is 25.7 Å². The van der Waals surface area contributed by atoms with Crippen molar-refractivity contribution in [3.8, 4) is 0 Å². The van der Waals surface area contributed by atoms with Crippen LogP contribution in [0, 0.1) is 0 Å². The Bertz CT molecular complexity index is 360. The van der Waals surface area contributed by atoms with E-state index in [1.807, 2.05) is 0 Å². The molecular formula is C13H20BrNO3. The van der Waals surface area contributed by atoms with E-state index in [0.29, 0.717) is 12.1 Å². The minimum absolute atomic E-state index is 0.0204. The van der Waals surface area contributed by atoms with Crippen LogP contribution in [0.1, 0.15) is 33.6 Å². The fraction of sp³-hybridized carbons (Fsp3) is 0.692. The average molecular weight is 318 g/mol. The summed E-state index contributed by atoms with van der Waals surface area (Å²) in [5.41, 5.74) is 0.522. The Morgan fingerprint density at radius 1 is 1.50 bits per heavy atom. The monoisotopic (exact) mass is 317 g/mol. The lowest BCUT2D eigenvalue weighted by Gasteiger charge is -2.25. The number of rotatable bonds is 4. The number of nitrogens with zero attached hydrogens (tertiary/aromatic N) is 1. The lowest BCUT2D eigenvalue weighted by molar-refractivity contribution is -0.148. The van der Waals surface area contributed by atoms with E-state index in [0.717, 1.165) is 12.8 Å². The molecule has 0 aromatic rings. The first-order valence-electron chi connectivity index (χ1n) is 6.06. The van der Waals surface area contributed by atoms with Crippen molar-refractivity contribution in [2.24, 2.45) is 0 Å². The standard InChI is InChI=1S/C13H20BrNO3/c1-9(2)11(16)15-7-5-6-10(15)8-18-12(17)13(3,4)14/h10H,1,5-8H2,2-4H3. The van der Waals surface area contributed by atoms with Gasteiger partial charge in [0.15, 0.2) is 0 Å². The molecule has 1 rings (SSSR count). The number of hydrogen-bond acceptors (Lipinski definition) is 3. The summed E-state index contributed by atoms with van der Waals surface area (Å²) in [6.07, 6.45) is 1.81. The molecule has 0 aliphatic carbocycles. The van der Waals surface area contributed by atoms with Gasteiger partial charge in [-0.1, -0.05) is 22.5 Å². The van der Waals surface area contributed by atoms with Gasteiger partial charge in [0.05, 0.1) is 6.04 Å². The van der Waals surface area contributed by atoms with Gasteiger partial charge < -0.3 is 9.64 Å². The normalized spacial score (nSPS) is 19.8. The summed E-state index contributed by atoms with van der Waals surface area (Å²) >= 11 is 3.25. The van der Waals surface area contributed by atoms with Crippen LogP contribution in [-0.2, 0) is 14.3 Å². The van der Waals surface area contributed by atoms with E-state index in [4.69, 9.17) is 4.74 Å². The zero-order valence-electron chi connectivity index (χ0n) is 11.2. The predicted octanol–water partition coefficient (Wildman–Crippen LogP) is 2.27. The Balaban J connectivity index is 2.54. The quantitative estimate of drug-likeness (QED) is 0.454. The largest absolute Gasteiger partial charge is 0.462 e. The number of likely N-dealkylation sites (tertiary alicyclic amines) is 1. The van der Waals surface area contributed by atoms with E-state index in [1.165, 1.54) is 0 Å². The molecule has 0 aromatic carbocycles. The highest BCUT2D eigenvalue weighted by molar-refractivity contribution is 9.10. The van der Waals surface area contributed by atoms with Crippen LogP contribution in [0.2, 0.25) is 0 Å². The first kappa shape index (κ1) is 15.2. The van der Waals surface area contributed by atoms with Gasteiger partial charge in [0.2, 0.25) is 5.91 Å². The van der Waals surface area contributed by atoms with Gasteiger partial charge in [-0.05, 0) is 33.6 Å². The molecule has 0 N–H and O–H groups in total. The molecule has 0 radical (unpaired) electrons. The van der Waals surface area contributed by atoms with E-state index < -0.39 is 4.32 Å². The maximum Gasteiger partial charge on any atom is 0.322 e. The van der Waals surface area contributed by atoms with Gasteiger partial charge in [-0.3, -0.25) is 9.59 Å². The van der Waals surface area contributed by atoms with Crippen LogP contribution in [0.4, 0.5) is 0 Å². The molecule has 0 saturated carbocycles. The summed E-state index contributed by atoms with van der Waals surface area (Å²) in [7, 11) is 0. The van der Waals surface area contributed by atoms with Gasteiger partial charge in [-0.2, -0.15) is 0 Å². The highest BCUT2D eigenvalue weighted by Crippen LogP contribution is 2.22. The van der Waals surface area contributed by atoms with Crippen molar-refractivity contribution < 1.29 is 14.3 Å². The van der Waals surface area contributed by atoms with E-state index in [2.05, 4.69) is 22.5 Å². The lowest BCUT2D eigenvalue weighted by Crippen LogP contribution is -2.40. The number of alkyl halides is 1. The molecule has 1 amide bonds. The third-order valence-corrected chi connectivity index (χ3v) is 3.22. The zero-order valence-corrected chi connectivity index (χ0v) is 12.7. The molecule has 4 nitrogen and oxygen atoms in total. The zero-order chi connectivity index (χ0) is 13.9. The first-order valence-corrected chi connectivity index (χ1v) is 6.85. The summed E-state index contributed by atoms with van der Waals surface area (Å²) in [5, 5.41) is 0. The summed E-state index contributed by atoms with van der Waals surface area (Å²) < 4.78 is 4.56. The van der Waals surface area contributed by atoms with Crippen molar-refractivity contribution in [1.82, 2.24) is 4.90 Å². The van der Waals surface area contributed by atoms with Crippen LogP contribution in [0.5, 0.6) is 0 Å². The predicted molar refractivity (Wildman–Crippen MR) is 73.5 cm³/mol. The maximum atomic E-state index is 11.9. The van der Waals surface area contributed by atoms with Crippen molar-refractivity contribution >= 4 is 27.8 Å². The molecule has 1 fully saturated rings. The molecule has 5 heteroatoms. The molecular weight excluding hydrogens is 298 g/mol. The lowest BCUT2D eigenvalue weighted by atomic mass is 10.2. The molecule has 0 aromatic heterocycles. The SMILES string of the molecule is C=C(C)C(=O)N1CCCC1COC(=O)C(C)(C)Br. The maximum absolute atomic E-state index is 11.9. The molecule has 1 aliphatic heterocycles. The van der Waals surface area contributed by atoms with Crippen molar-refractivity contribution in [3.05, 3.63) is 12.2 Å². The van der Waals surface area contributed by atoms with Crippen LogP contribution < -0.4 is 0 Å². The third-order valence-electron chi connectivity index (χ3n) is 2.90. The second-order valence-corrected chi connectivity index (χ2v) is 7.13. The van der Waals surface area contributed by atoms with Crippen LogP contribution >= 0.6 is 15.9 Å². The van der Waals surface area contributed by atoms with Gasteiger partial charge in [-0.15, -0.1) is 0 Å². The van der Waals surface area contributed by atoms with E-state index in [9.17, 15) is 9.59 Å². The van der Waals surface area contributed by atoms with Crippen LogP contribution in [0.3, 0.4) is 0 Å². The molecule has 18 heavy (non-hydrogen) atoms. The van der Waals surface area contributed by atoms with Crippen molar-refractivity contribution in [2.45, 2.75) is 44.0 Å². The minimum atomic E-state index is -0.686. The van der Waals surface area contributed by atoms with Crippen molar-refractivity contribution in [2.75, 3.05) is 13.2 Å². The fourth-order valence-electron chi connectivity index (χ4n) is 1.86. The number of carbonyl (C=O) groups excluding carboxylic acids is 2. The van der Waals surface area contributed by atoms with Crippen molar-refractivity contribution in [3.63, 3.8) is 0 Å². The average Bonchev–Trinajstić information content (AvgIpc) is 2.71. The van der Waals surface area contributed by atoms with Crippen LogP contribution in [0.15, 0.2) is 12.2 Å². The summed E-state index contributed by atoms with van der Waals surface area (Å²) in [5.74, 6) is -0.358. The molecule has 1 aliphatic rings. The van der Waals surface area contributed by atoms with Gasteiger partial charge in [-0.25, -0.2) is 0 Å². The van der Waals surface area contributed by atoms with Gasteiger partial charge in [0, 0.05) is 12.1 Å². The van der Waals surface area contributed by atoms with Crippen molar-refractivity contribution in [1.29, 1.82) is 0 Å². The Hall–Kier alpha value is -0.840. The second-order valence-electron chi connectivity index (χ2n) is 5.15. The smallest absolute Gasteiger partial charge is 0.322 e. The van der Waals surface area contributed by atoms with Gasteiger partial charge in [0.1, 0.15) is 10.9 Å². The van der Waals surface area contributed by atoms with Gasteiger partial charge in [0.25, 0.3) is 0 Å². The highest BCUT2D eigenvalue weighted by atomic mass is 79.9. The molecule has 0 spiro atoms. The van der Waals surface area contributed by atoms with Crippen LogP contribution in [-0.4, -0.2) is 40.3 Å². The Morgan fingerprint density at radius 3 is 2.61 bits per heavy atom.